The second-order valence-electron chi connectivity index (χ2n) is 7.61. The van der Waals surface area contributed by atoms with Crippen LogP contribution in [-0.4, -0.2) is 34.7 Å². The molecule has 2 aromatic carbocycles. The van der Waals surface area contributed by atoms with E-state index in [1.54, 1.807) is 0 Å². The summed E-state index contributed by atoms with van der Waals surface area (Å²) in [5.74, 6) is 1.55. The van der Waals surface area contributed by atoms with E-state index in [9.17, 15) is 0 Å². The lowest BCUT2D eigenvalue weighted by Crippen LogP contribution is -2.30. The summed E-state index contributed by atoms with van der Waals surface area (Å²) in [6, 6.07) is 13.9. The van der Waals surface area contributed by atoms with Gasteiger partial charge in [-0.05, 0) is 81.7 Å². The molecule has 33 heavy (non-hydrogen) atoms. The zero-order valence-electron chi connectivity index (χ0n) is 19.6. The molecule has 0 saturated heterocycles. The summed E-state index contributed by atoms with van der Waals surface area (Å²) < 4.78 is 13.3. The largest absolute Gasteiger partial charge is 0.490 e. The van der Waals surface area contributed by atoms with E-state index in [-0.39, 0.29) is 0 Å². The Balaban J connectivity index is 1.57. The van der Waals surface area contributed by atoms with Crippen LogP contribution in [0.25, 0.3) is 0 Å². The van der Waals surface area contributed by atoms with Crippen molar-refractivity contribution >= 4 is 34.6 Å². The fourth-order valence-corrected chi connectivity index (χ4v) is 3.99. The molecule has 0 atom stereocenters. The minimum absolute atomic E-state index is 0.569. The lowest BCUT2D eigenvalue weighted by atomic mass is 10.1. The highest BCUT2D eigenvalue weighted by atomic mass is 35.5. The Bertz CT molecular complexity index is 1100. The molecule has 3 aromatic rings. The number of hydrogen-bond donors (Lipinski definition) is 2. The standard InChI is InChI=1S/C25H31ClN4O2S/c1-5-31-22-11-10-19(15-23(22)32-6-2)12-13-27-25(33)28-24-17(3)29-30(18(24)4)16-20-8-7-9-21(26)14-20/h7-11,14-15H,5-6,12-13,16H2,1-4H3,(H2,27,28,33). The first-order valence-corrected chi connectivity index (χ1v) is 11.9. The highest BCUT2D eigenvalue weighted by molar-refractivity contribution is 7.80. The smallest absolute Gasteiger partial charge is 0.170 e. The van der Waals surface area contributed by atoms with E-state index >= 15 is 0 Å². The van der Waals surface area contributed by atoms with E-state index < -0.39 is 0 Å². The predicted octanol–water partition coefficient (Wildman–Crippen LogP) is 5.53. The second kappa shape index (κ2) is 11.9. The Morgan fingerprint density at radius 2 is 1.79 bits per heavy atom. The van der Waals surface area contributed by atoms with Gasteiger partial charge in [-0.3, -0.25) is 4.68 Å². The van der Waals surface area contributed by atoms with Crippen LogP contribution in [-0.2, 0) is 13.0 Å². The summed E-state index contributed by atoms with van der Waals surface area (Å²) in [6.07, 6.45) is 0.806. The minimum Gasteiger partial charge on any atom is -0.490 e. The molecule has 0 aliphatic rings. The average Bonchev–Trinajstić information content (AvgIpc) is 3.03. The predicted molar refractivity (Wildman–Crippen MR) is 139 cm³/mol. The van der Waals surface area contributed by atoms with E-state index in [2.05, 4.69) is 21.8 Å². The molecule has 0 saturated carbocycles. The minimum atomic E-state index is 0.569. The first-order valence-electron chi connectivity index (χ1n) is 11.1. The monoisotopic (exact) mass is 486 g/mol. The second-order valence-corrected chi connectivity index (χ2v) is 8.46. The van der Waals surface area contributed by atoms with Crippen LogP contribution in [0.3, 0.4) is 0 Å². The van der Waals surface area contributed by atoms with E-state index in [1.165, 1.54) is 0 Å². The first kappa shape index (κ1) is 24.9. The molecular formula is C25H31ClN4O2S. The lowest BCUT2D eigenvalue weighted by Gasteiger charge is -2.14. The van der Waals surface area contributed by atoms with Gasteiger partial charge < -0.3 is 20.1 Å². The number of aryl methyl sites for hydroxylation is 1. The molecule has 0 spiro atoms. The quantitative estimate of drug-likeness (QED) is 0.367. The number of ether oxygens (including phenoxy) is 2. The number of thiocarbonyl (C=S) groups is 1. The zero-order valence-corrected chi connectivity index (χ0v) is 21.1. The highest BCUT2D eigenvalue weighted by Gasteiger charge is 2.13. The lowest BCUT2D eigenvalue weighted by molar-refractivity contribution is 0.287. The summed E-state index contributed by atoms with van der Waals surface area (Å²) in [5.41, 5.74) is 5.09. The van der Waals surface area contributed by atoms with Gasteiger partial charge in [0.1, 0.15) is 0 Å². The van der Waals surface area contributed by atoms with Gasteiger partial charge in [-0.25, -0.2) is 0 Å². The van der Waals surface area contributed by atoms with Crippen molar-refractivity contribution in [2.75, 3.05) is 25.1 Å². The fraction of sp³-hybridized carbons (Fsp3) is 0.360. The van der Waals surface area contributed by atoms with Crippen LogP contribution < -0.4 is 20.1 Å². The van der Waals surface area contributed by atoms with Crippen LogP contribution >= 0.6 is 23.8 Å². The number of rotatable bonds is 10. The Hall–Kier alpha value is -2.77. The van der Waals surface area contributed by atoms with E-state index in [0.717, 1.165) is 51.1 Å². The molecule has 1 aromatic heterocycles. The fourth-order valence-electron chi connectivity index (χ4n) is 3.57. The van der Waals surface area contributed by atoms with Gasteiger partial charge in [0.05, 0.1) is 36.8 Å². The number of hydrogen-bond acceptors (Lipinski definition) is 4. The molecular weight excluding hydrogens is 456 g/mol. The van der Waals surface area contributed by atoms with Crippen LogP contribution in [0.5, 0.6) is 11.5 Å². The number of aromatic nitrogens is 2. The maximum atomic E-state index is 6.11. The average molecular weight is 487 g/mol. The van der Waals surface area contributed by atoms with E-state index in [1.807, 2.05) is 68.8 Å². The number of nitrogens with zero attached hydrogens (tertiary/aromatic N) is 2. The summed E-state index contributed by atoms with van der Waals surface area (Å²) in [7, 11) is 0. The molecule has 0 amide bonds. The summed E-state index contributed by atoms with van der Waals surface area (Å²) in [6.45, 7) is 10.5. The molecule has 3 rings (SSSR count). The number of nitrogens with one attached hydrogen (secondary N) is 2. The van der Waals surface area contributed by atoms with Crippen LogP contribution in [0.1, 0.15) is 36.4 Å². The van der Waals surface area contributed by atoms with Crippen molar-refractivity contribution in [1.82, 2.24) is 15.1 Å². The van der Waals surface area contributed by atoms with Gasteiger partial charge in [0.15, 0.2) is 16.6 Å². The molecule has 0 bridgehead atoms. The van der Waals surface area contributed by atoms with Crippen LogP contribution in [0, 0.1) is 13.8 Å². The molecule has 2 N–H and O–H groups in total. The summed E-state index contributed by atoms with van der Waals surface area (Å²) in [5, 5.41) is 12.5. The zero-order chi connectivity index (χ0) is 23.8. The summed E-state index contributed by atoms with van der Waals surface area (Å²) in [4.78, 5) is 0. The van der Waals surface area contributed by atoms with E-state index in [4.69, 9.17) is 33.3 Å². The van der Waals surface area contributed by atoms with Gasteiger partial charge in [0.2, 0.25) is 0 Å². The van der Waals surface area contributed by atoms with Crippen molar-refractivity contribution in [2.24, 2.45) is 0 Å². The van der Waals surface area contributed by atoms with Crippen LogP contribution in [0.4, 0.5) is 5.69 Å². The van der Waals surface area contributed by atoms with Crippen molar-refractivity contribution in [3.63, 3.8) is 0 Å². The maximum absolute atomic E-state index is 6.11. The number of halogens is 1. The Morgan fingerprint density at radius 3 is 2.52 bits per heavy atom. The number of anilines is 1. The highest BCUT2D eigenvalue weighted by Crippen LogP contribution is 2.28. The van der Waals surface area contributed by atoms with Crippen molar-refractivity contribution in [3.8, 4) is 11.5 Å². The molecule has 0 radical (unpaired) electrons. The molecule has 0 fully saturated rings. The Kier molecular flexibility index (Phi) is 8.97. The van der Waals surface area contributed by atoms with Gasteiger partial charge in [-0.2, -0.15) is 5.10 Å². The third-order valence-electron chi connectivity index (χ3n) is 5.15. The maximum Gasteiger partial charge on any atom is 0.170 e. The molecule has 1 heterocycles. The van der Waals surface area contributed by atoms with Gasteiger partial charge >= 0.3 is 0 Å². The molecule has 0 aliphatic heterocycles. The van der Waals surface area contributed by atoms with Gasteiger partial charge in [-0.15, -0.1) is 0 Å². The van der Waals surface area contributed by atoms with Crippen molar-refractivity contribution in [2.45, 2.75) is 40.7 Å². The molecule has 0 aliphatic carbocycles. The third-order valence-corrected chi connectivity index (χ3v) is 5.63. The van der Waals surface area contributed by atoms with Crippen molar-refractivity contribution in [3.05, 3.63) is 70.0 Å². The normalized spacial score (nSPS) is 10.7. The Morgan fingerprint density at radius 1 is 1.03 bits per heavy atom. The topological polar surface area (TPSA) is 60.3 Å². The van der Waals surface area contributed by atoms with Crippen LogP contribution in [0.15, 0.2) is 42.5 Å². The first-order chi connectivity index (χ1) is 15.9. The molecule has 8 heteroatoms. The molecule has 0 unspecified atom stereocenters. The molecule has 6 nitrogen and oxygen atoms in total. The van der Waals surface area contributed by atoms with Gasteiger partial charge in [-0.1, -0.05) is 29.8 Å². The van der Waals surface area contributed by atoms with E-state index in [0.29, 0.717) is 31.4 Å². The molecule has 176 valence electrons. The van der Waals surface area contributed by atoms with Crippen molar-refractivity contribution in [1.29, 1.82) is 0 Å². The third kappa shape index (κ3) is 6.85. The summed E-state index contributed by atoms with van der Waals surface area (Å²) >= 11 is 11.6. The Labute approximate surface area is 206 Å². The number of benzene rings is 2. The van der Waals surface area contributed by atoms with Gasteiger partial charge in [0.25, 0.3) is 0 Å². The van der Waals surface area contributed by atoms with Gasteiger partial charge in [0, 0.05) is 11.6 Å². The van der Waals surface area contributed by atoms with Crippen molar-refractivity contribution < 1.29 is 9.47 Å². The SMILES string of the molecule is CCOc1ccc(CCNC(=S)Nc2c(C)nn(Cc3cccc(Cl)c3)c2C)cc1OCC. The van der Waals surface area contributed by atoms with Crippen LogP contribution in [0.2, 0.25) is 5.02 Å².